The van der Waals surface area contributed by atoms with Crippen molar-refractivity contribution in [3.05, 3.63) is 49.1 Å². The smallest absolute Gasteiger partial charge is 0.227 e. The Kier molecular flexibility index (Phi) is 3.78. The quantitative estimate of drug-likeness (QED) is 0.788. The lowest BCUT2D eigenvalue weighted by molar-refractivity contribution is 0.399. The lowest BCUT2D eigenvalue weighted by Gasteiger charge is -2.11. The van der Waals surface area contributed by atoms with Crippen molar-refractivity contribution in [2.24, 2.45) is 0 Å². The molecule has 22 heavy (non-hydrogen) atoms. The zero-order chi connectivity index (χ0) is 15.4. The Morgan fingerprint density at radius 2 is 1.45 bits per heavy atom. The summed E-state index contributed by atoms with van der Waals surface area (Å²) in [5.74, 6) is 1.52. The highest BCUT2D eigenvalue weighted by molar-refractivity contribution is 5.72. The number of pyridine rings is 2. The molecule has 0 aliphatic carbocycles. The summed E-state index contributed by atoms with van der Waals surface area (Å²) in [5.41, 5.74) is 7.00. The standard InChI is InChI=1S/C15H13N5O2/c1-21-13-11(4-2-6-17-13)12-5-3-7-18-14(12)22-10-8-19-15(16)20-9-10/h2-9H,1H3,(H2,16,19,20). The first kappa shape index (κ1) is 13.7. The second-order valence-corrected chi connectivity index (χ2v) is 4.30. The average Bonchev–Trinajstić information content (AvgIpc) is 2.57. The van der Waals surface area contributed by atoms with Crippen molar-refractivity contribution >= 4 is 5.95 Å². The molecule has 0 saturated heterocycles. The molecule has 0 atom stereocenters. The van der Waals surface area contributed by atoms with E-state index in [0.29, 0.717) is 17.5 Å². The molecule has 3 aromatic rings. The van der Waals surface area contributed by atoms with Gasteiger partial charge in [0, 0.05) is 23.5 Å². The van der Waals surface area contributed by atoms with Crippen LogP contribution in [0.5, 0.6) is 17.5 Å². The fourth-order valence-corrected chi connectivity index (χ4v) is 1.93. The summed E-state index contributed by atoms with van der Waals surface area (Å²) in [7, 11) is 1.57. The minimum Gasteiger partial charge on any atom is -0.481 e. The van der Waals surface area contributed by atoms with Crippen LogP contribution in [0, 0.1) is 0 Å². The normalized spacial score (nSPS) is 10.2. The number of aromatic nitrogens is 4. The van der Waals surface area contributed by atoms with E-state index in [-0.39, 0.29) is 5.95 Å². The van der Waals surface area contributed by atoms with Gasteiger partial charge in [0.15, 0.2) is 5.75 Å². The number of nitrogens with two attached hydrogens (primary N) is 1. The Labute approximate surface area is 126 Å². The van der Waals surface area contributed by atoms with Crippen LogP contribution in [0.3, 0.4) is 0 Å². The summed E-state index contributed by atoms with van der Waals surface area (Å²) >= 11 is 0. The van der Waals surface area contributed by atoms with Crippen LogP contribution in [-0.2, 0) is 0 Å². The van der Waals surface area contributed by atoms with Crippen molar-refractivity contribution < 1.29 is 9.47 Å². The van der Waals surface area contributed by atoms with Crippen LogP contribution in [0.15, 0.2) is 49.1 Å². The number of ether oxygens (including phenoxy) is 2. The molecule has 3 aromatic heterocycles. The van der Waals surface area contributed by atoms with E-state index in [1.807, 2.05) is 24.3 Å². The molecule has 0 spiro atoms. The summed E-state index contributed by atoms with van der Waals surface area (Å²) < 4.78 is 11.0. The highest BCUT2D eigenvalue weighted by Gasteiger charge is 2.13. The number of nitrogen functional groups attached to an aromatic ring is 1. The SMILES string of the molecule is COc1ncccc1-c1cccnc1Oc1cnc(N)nc1. The third-order valence-electron chi connectivity index (χ3n) is 2.89. The van der Waals surface area contributed by atoms with E-state index in [2.05, 4.69) is 19.9 Å². The molecule has 0 radical (unpaired) electrons. The lowest BCUT2D eigenvalue weighted by atomic mass is 10.1. The largest absolute Gasteiger partial charge is 0.481 e. The summed E-state index contributed by atoms with van der Waals surface area (Å²) in [6.07, 6.45) is 6.27. The van der Waals surface area contributed by atoms with Crippen LogP contribution in [0.1, 0.15) is 0 Å². The van der Waals surface area contributed by atoms with Crippen molar-refractivity contribution in [2.75, 3.05) is 12.8 Å². The van der Waals surface area contributed by atoms with Gasteiger partial charge in [-0.1, -0.05) is 0 Å². The number of nitrogens with zero attached hydrogens (tertiary/aromatic N) is 4. The van der Waals surface area contributed by atoms with Gasteiger partial charge >= 0.3 is 0 Å². The Morgan fingerprint density at radius 3 is 2.09 bits per heavy atom. The predicted octanol–water partition coefficient (Wildman–Crippen LogP) is 2.32. The third-order valence-corrected chi connectivity index (χ3v) is 2.89. The summed E-state index contributed by atoms with van der Waals surface area (Å²) in [5, 5.41) is 0. The highest BCUT2D eigenvalue weighted by atomic mass is 16.5. The first-order chi connectivity index (χ1) is 10.8. The molecule has 0 bridgehead atoms. The second kappa shape index (κ2) is 6.04. The molecule has 7 nitrogen and oxygen atoms in total. The minimum absolute atomic E-state index is 0.183. The number of anilines is 1. The van der Waals surface area contributed by atoms with E-state index in [0.717, 1.165) is 11.1 Å². The van der Waals surface area contributed by atoms with E-state index < -0.39 is 0 Å². The van der Waals surface area contributed by atoms with Crippen LogP contribution in [0.4, 0.5) is 5.95 Å². The minimum atomic E-state index is 0.183. The molecular formula is C15H13N5O2. The van der Waals surface area contributed by atoms with Gasteiger partial charge in [-0.15, -0.1) is 0 Å². The molecule has 0 saturated carbocycles. The van der Waals surface area contributed by atoms with Crippen molar-refractivity contribution in [3.8, 4) is 28.6 Å². The molecule has 2 N–H and O–H groups in total. The van der Waals surface area contributed by atoms with E-state index in [4.69, 9.17) is 15.2 Å². The van der Waals surface area contributed by atoms with Crippen LogP contribution in [0.2, 0.25) is 0 Å². The molecule has 3 heterocycles. The van der Waals surface area contributed by atoms with E-state index in [9.17, 15) is 0 Å². The monoisotopic (exact) mass is 295 g/mol. The van der Waals surface area contributed by atoms with Gasteiger partial charge in [-0.3, -0.25) is 0 Å². The van der Waals surface area contributed by atoms with E-state index >= 15 is 0 Å². The molecule has 3 rings (SSSR count). The van der Waals surface area contributed by atoms with Gasteiger partial charge < -0.3 is 15.2 Å². The average molecular weight is 295 g/mol. The van der Waals surface area contributed by atoms with Gasteiger partial charge in [0.1, 0.15) is 0 Å². The van der Waals surface area contributed by atoms with Gasteiger partial charge in [0.05, 0.1) is 19.5 Å². The molecule has 0 unspecified atom stereocenters. The number of rotatable bonds is 4. The Hall–Kier alpha value is -3.22. The summed E-state index contributed by atoms with van der Waals surface area (Å²) in [6.45, 7) is 0. The third kappa shape index (κ3) is 2.78. The molecule has 0 aliphatic rings. The van der Waals surface area contributed by atoms with Crippen molar-refractivity contribution in [1.29, 1.82) is 0 Å². The molecular weight excluding hydrogens is 282 g/mol. The van der Waals surface area contributed by atoms with Crippen molar-refractivity contribution in [3.63, 3.8) is 0 Å². The molecule has 7 heteroatoms. The fraction of sp³-hybridized carbons (Fsp3) is 0.0667. The van der Waals surface area contributed by atoms with Crippen LogP contribution in [0.25, 0.3) is 11.1 Å². The first-order valence-corrected chi connectivity index (χ1v) is 6.47. The Balaban J connectivity index is 2.01. The van der Waals surface area contributed by atoms with Crippen LogP contribution in [-0.4, -0.2) is 27.0 Å². The maximum atomic E-state index is 5.74. The van der Waals surface area contributed by atoms with Crippen LogP contribution < -0.4 is 15.2 Å². The Morgan fingerprint density at radius 1 is 0.864 bits per heavy atom. The zero-order valence-electron chi connectivity index (χ0n) is 11.8. The molecule has 0 aliphatic heterocycles. The van der Waals surface area contributed by atoms with Gasteiger partial charge in [-0.05, 0) is 24.3 Å². The number of methoxy groups -OCH3 is 1. The van der Waals surface area contributed by atoms with Crippen LogP contribution >= 0.6 is 0 Å². The van der Waals surface area contributed by atoms with Gasteiger partial charge in [0.25, 0.3) is 0 Å². The summed E-state index contributed by atoms with van der Waals surface area (Å²) in [4.78, 5) is 16.2. The number of hydrogen-bond acceptors (Lipinski definition) is 7. The summed E-state index contributed by atoms with van der Waals surface area (Å²) in [6, 6.07) is 7.39. The van der Waals surface area contributed by atoms with Crippen molar-refractivity contribution in [2.45, 2.75) is 0 Å². The highest BCUT2D eigenvalue weighted by Crippen LogP contribution is 2.35. The first-order valence-electron chi connectivity index (χ1n) is 6.47. The predicted molar refractivity (Wildman–Crippen MR) is 80.5 cm³/mol. The van der Waals surface area contributed by atoms with E-state index in [1.165, 1.54) is 12.4 Å². The van der Waals surface area contributed by atoms with Crippen molar-refractivity contribution in [1.82, 2.24) is 19.9 Å². The fourth-order valence-electron chi connectivity index (χ4n) is 1.93. The molecule has 110 valence electrons. The zero-order valence-corrected chi connectivity index (χ0v) is 11.8. The lowest BCUT2D eigenvalue weighted by Crippen LogP contribution is -1.97. The Bertz CT molecular complexity index is 777. The molecule has 0 fully saturated rings. The second-order valence-electron chi connectivity index (χ2n) is 4.30. The maximum Gasteiger partial charge on any atom is 0.227 e. The number of hydrogen-bond donors (Lipinski definition) is 1. The van der Waals surface area contributed by atoms with Gasteiger partial charge in [0.2, 0.25) is 17.7 Å². The molecule has 0 amide bonds. The van der Waals surface area contributed by atoms with Gasteiger partial charge in [-0.25, -0.2) is 19.9 Å². The van der Waals surface area contributed by atoms with Gasteiger partial charge in [-0.2, -0.15) is 0 Å². The topological polar surface area (TPSA) is 96.0 Å². The molecule has 0 aromatic carbocycles. The maximum absolute atomic E-state index is 5.74. The van der Waals surface area contributed by atoms with E-state index in [1.54, 1.807) is 19.5 Å².